The molecule has 4 rings (SSSR count). The highest BCUT2D eigenvalue weighted by Gasteiger charge is 2.19. The molecule has 6 heteroatoms. The number of carboxylic acids is 1. The zero-order chi connectivity index (χ0) is 23.2. The summed E-state index contributed by atoms with van der Waals surface area (Å²) in [6, 6.07) is 20.9. The SMILES string of the molecule is COc1cc(CNC(Cc2c[nH]c3ccccc23)C(=O)O)ccc1OCc1ccccc1C. The first-order chi connectivity index (χ1) is 16.0. The Kier molecular flexibility index (Phi) is 6.95. The molecular weight excluding hydrogens is 416 g/mol. The monoisotopic (exact) mass is 444 g/mol. The van der Waals surface area contributed by atoms with Crippen molar-refractivity contribution >= 4 is 16.9 Å². The number of rotatable bonds is 10. The number of carboxylic acid groups (broad SMARTS) is 1. The third-order valence-electron chi connectivity index (χ3n) is 5.82. The van der Waals surface area contributed by atoms with Gasteiger partial charge in [-0.1, -0.05) is 48.5 Å². The minimum absolute atomic E-state index is 0.383. The van der Waals surface area contributed by atoms with Crippen molar-refractivity contribution in [3.63, 3.8) is 0 Å². The highest BCUT2D eigenvalue weighted by molar-refractivity contribution is 5.84. The van der Waals surface area contributed by atoms with Crippen LogP contribution in [-0.4, -0.2) is 29.2 Å². The lowest BCUT2D eigenvalue weighted by atomic mass is 10.0. The maximum Gasteiger partial charge on any atom is 0.321 e. The number of methoxy groups -OCH3 is 1. The van der Waals surface area contributed by atoms with Gasteiger partial charge in [-0.2, -0.15) is 0 Å². The van der Waals surface area contributed by atoms with Crippen molar-refractivity contribution < 1.29 is 19.4 Å². The van der Waals surface area contributed by atoms with Gasteiger partial charge in [-0.15, -0.1) is 0 Å². The van der Waals surface area contributed by atoms with Crippen LogP contribution in [0.2, 0.25) is 0 Å². The highest BCUT2D eigenvalue weighted by Crippen LogP contribution is 2.29. The number of aliphatic carboxylic acids is 1. The molecule has 1 aromatic heterocycles. The van der Waals surface area contributed by atoms with E-state index in [1.165, 1.54) is 5.56 Å². The molecule has 170 valence electrons. The van der Waals surface area contributed by atoms with Crippen LogP contribution in [0.1, 0.15) is 22.3 Å². The fraction of sp³-hybridized carbons (Fsp3) is 0.222. The molecule has 4 aromatic rings. The lowest BCUT2D eigenvalue weighted by Crippen LogP contribution is -2.38. The minimum Gasteiger partial charge on any atom is -0.493 e. The van der Waals surface area contributed by atoms with Crippen molar-refractivity contribution in [2.24, 2.45) is 0 Å². The Morgan fingerprint density at radius 3 is 2.61 bits per heavy atom. The smallest absolute Gasteiger partial charge is 0.321 e. The Bertz CT molecular complexity index is 1250. The topological polar surface area (TPSA) is 83.6 Å². The second kappa shape index (κ2) is 10.2. The number of carbonyl (C=O) groups is 1. The molecule has 1 atom stereocenters. The average Bonchev–Trinajstić information content (AvgIpc) is 3.24. The van der Waals surface area contributed by atoms with Gasteiger partial charge in [-0.25, -0.2) is 0 Å². The van der Waals surface area contributed by atoms with Gasteiger partial charge < -0.3 is 24.9 Å². The largest absolute Gasteiger partial charge is 0.493 e. The second-order valence-corrected chi connectivity index (χ2v) is 8.04. The first-order valence-electron chi connectivity index (χ1n) is 10.9. The van der Waals surface area contributed by atoms with Crippen molar-refractivity contribution in [3.05, 3.63) is 95.2 Å². The molecule has 0 aliphatic carbocycles. The molecule has 0 saturated heterocycles. The quantitative estimate of drug-likeness (QED) is 0.326. The van der Waals surface area contributed by atoms with Gasteiger partial charge in [-0.05, 0) is 47.4 Å². The zero-order valence-electron chi connectivity index (χ0n) is 18.8. The number of H-pyrrole nitrogens is 1. The fourth-order valence-corrected chi connectivity index (χ4v) is 3.88. The van der Waals surface area contributed by atoms with Crippen LogP contribution < -0.4 is 14.8 Å². The summed E-state index contributed by atoms with van der Waals surface area (Å²) < 4.78 is 11.5. The number of ether oxygens (including phenoxy) is 2. The van der Waals surface area contributed by atoms with E-state index in [2.05, 4.69) is 23.3 Å². The number of para-hydroxylation sites is 1. The Labute approximate surface area is 193 Å². The average molecular weight is 445 g/mol. The summed E-state index contributed by atoms with van der Waals surface area (Å²) in [5, 5.41) is 14.0. The first kappa shape index (κ1) is 22.4. The zero-order valence-corrected chi connectivity index (χ0v) is 18.8. The Morgan fingerprint density at radius 2 is 1.82 bits per heavy atom. The van der Waals surface area contributed by atoms with Gasteiger partial charge >= 0.3 is 5.97 Å². The standard InChI is InChI=1S/C27H28N2O4/c1-18-7-3-4-8-20(18)17-33-25-12-11-19(13-26(25)32-2)15-28-24(27(30)31)14-21-16-29-23-10-6-5-9-22(21)23/h3-13,16,24,28-29H,14-15,17H2,1-2H3,(H,30,31). The first-order valence-corrected chi connectivity index (χ1v) is 10.9. The Morgan fingerprint density at radius 1 is 1.03 bits per heavy atom. The van der Waals surface area contributed by atoms with Crippen LogP contribution in [0.25, 0.3) is 10.9 Å². The molecule has 0 aliphatic rings. The third-order valence-corrected chi connectivity index (χ3v) is 5.82. The van der Waals surface area contributed by atoms with E-state index in [9.17, 15) is 9.90 Å². The summed E-state index contributed by atoms with van der Waals surface area (Å²) in [4.78, 5) is 15.1. The molecule has 0 radical (unpaired) electrons. The van der Waals surface area contributed by atoms with Crippen LogP contribution in [0.15, 0.2) is 72.9 Å². The number of aromatic nitrogens is 1. The summed E-state index contributed by atoms with van der Waals surface area (Å²) in [6.07, 6.45) is 2.26. The molecule has 0 bridgehead atoms. The third kappa shape index (κ3) is 5.35. The predicted molar refractivity (Wildman–Crippen MR) is 129 cm³/mol. The number of aryl methyl sites for hydroxylation is 1. The molecule has 3 N–H and O–H groups in total. The van der Waals surface area contributed by atoms with Gasteiger partial charge in [0.15, 0.2) is 11.5 Å². The lowest BCUT2D eigenvalue weighted by Gasteiger charge is -2.16. The fourth-order valence-electron chi connectivity index (χ4n) is 3.88. The van der Waals surface area contributed by atoms with Crippen LogP contribution in [0.5, 0.6) is 11.5 Å². The molecule has 1 heterocycles. The van der Waals surface area contributed by atoms with Crippen molar-refractivity contribution in [1.82, 2.24) is 10.3 Å². The number of nitrogens with one attached hydrogen (secondary N) is 2. The predicted octanol–water partition coefficient (Wildman–Crippen LogP) is 4.85. The number of hydrogen-bond acceptors (Lipinski definition) is 4. The summed E-state index contributed by atoms with van der Waals surface area (Å²) in [5.74, 6) is 0.384. The summed E-state index contributed by atoms with van der Waals surface area (Å²) >= 11 is 0. The van der Waals surface area contributed by atoms with E-state index in [0.717, 1.165) is 27.6 Å². The summed E-state index contributed by atoms with van der Waals surface area (Å²) in [5.41, 5.74) is 5.19. The van der Waals surface area contributed by atoms with Crippen molar-refractivity contribution in [2.45, 2.75) is 32.5 Å². The molecule has 0 amide bonds. The molecular formula is C27H28N2O4. The van der Waals surface area contributed by atoms with Crippen LogP contribution in [0.4, 0.5) is 0 Å². The molecule has 6 nitrogen and oxygen atoms in total. The van der Waals surface area contributed by atoms with Crippen LogP contribution in [-0.2, 0) is 24.4 Å². The second-order valence-electron chi connectivity index (χ2n) is 8.04. The van der Waals surface area contributed by atoms with E-state index in [1.807, 2.05) is 66.9 Å². The van der Waals surface area contributed by atoms with Gasteiger partial charge in [0.2, 0.25) is 0 Å². The number of hydrogen-bond donors (Lipinski definition) is 3. The highest BCUT2D eigenvalue weighted by atomic mass is 16.5. The Balaban J connectivity index is 1.42. The van der Waals surface area contributed by atoms with Gasteiger partial charge in [0.05, 0.1) is 7.11 Å². The van der Waals surface area contributed by atoms with E-state index >= 15 is 0 Å². The maximum absolute atomic E-state index is 11.9. The van der Waals surface area contributed by atoms with Gasteiger partial charge in [0.25, 0.3) is 0 Å². The van der Waals surface area contributed by atoms with Crippen molar-refractivity contribution in [3.8, 4) is 11.5 Å². The van der Waals surface area contributed by atoms with Crippen molar-refractivity contribution in [1.29, 1.82) is 0 Å². The normalized spacial score (nSPS) is 11.9. The van der Waals surface area contributed by atoms with Gasteiger partial charge in [-0.3, -0.25) is 4.79 Å². The van der Waals surface area contributed by atoms with Crippen LogP contribution >= 0.6 is 0 Å². The Hall–Kier alpha value is -3.77. The molecule has 1 unspecified atom stereocenters. The molecule has 0 spiro atoms. The van der Waals surface area contributed by atoms with E-state index in [-0.39, 0.29) is 0 Å². The molecule has 0 aliphatic heterocycles. The molecule has 33 heavy (non-hydrogen) atoms. The van der Waals surface area contributed by atoms with E-state index < -0.39 is 12.0 Å². The van der Waals surface area contributed by atoms with E-state index in [1.54, 1.807) is 7.11 Å². The minimum atomic E-state index is -0.884. The van der Waals surface area contributed by atoms with E-state index in [4.69, 9.17) is 9.47 Å². The van der Waals surface area contributed by atoms with Gasteiger partial charge in [0.1, 0.15) is 12.6 Å². The number of fused-ring (bicyclic) bond motifs is 1. The van der Waals surface area contributed by atoms with Crippen LogP contribution in [0.3, 0.4) is 0 Å². The maximum atomic E-state index is 11.9. The van der Waals surface area contributed by atoms with Crippen LogP contribution in [0, 0.1) is 6.92 Å². The molecule has 0 fully saturated rings. The van der Waals surface area contributed by atoms with Gasteiger partial charge in [0, 0.05) is 30.1 Å². The molecule has 0 saturated carbocycles. The summed E-state index contributed by atoms with van der Waals surface area (Å²) in [6.45, 7) is 2.90. The summed E-state index contributed by atoms with van der Waals surface area (Å²) in [7, 11) is 1.60. The molecule has 3 aromatic carbocycles. The number of benzene rings is 3. The lowest BCUT2D eigenvalue weighted by molar-refractivity contribution is -0.139. The van der Waals surface area contributed by atoms with Crippen molar-refractivity contribution in [2.75, 3.05) is 7.11 Å². The van der Waals surface area contributed by atoms with E-state index in [0.29, 0.717) is 31.1 Å². The number of aromatic amines is 1.